The van der Waals surface area contributed by atoms with Gasteiger partial charge in [-0.25, -0.2) is 9.18 Å². The molecule has 1 aromatic carbocycles. The second-order valence-corrected chi connectivity index (χ2v) is 3.23. The van der Waals surface area contributed by atoms with Crippen molar-refractivity contribution in [3.05, 3.63) is 29.1 Å². The van der Waals surface area contributed by atoms with Gasteiger partial charge in [0.2, 0.25) is 0 Å². The number of aliphatic hydroxyl groups excluding tert-OH is 1. The number of halogens is 3. The van der Waals surface area contributed by atoms with Crippen molar-refractivity contribution in [2.24, 2.45) is 0 Å². The minimum atomic E-state index is -3.24. The third-order valence-corrected chi connectivity index (χ3v) is 2.06. The van der Waals surface area contributed by atoms with Crippen molar-refractivity contribution in [2.45, 2.75) is 19.6 Å². The number of carboxylic acids is 1. The zero-order valence-electron chi connectivity index (χ0n) is 8.65. The average Bonchev–Trinajstić information content (AvgIpc) is 2.22. The molecule has 1 unspecified atom stereocenters. The second-order valence-electron chi connectivity index (χ2n) is 3.23. The van der Waals surface area contributed by atoms with Gasteiger partial charge in [-0.1, -0.05) is 6.07 Å². The maximum Gasteiger partial charge on any atom is 0.387 e. The molecule has 0 aromatic heterocycles. The predicted octanol–water partition coefficient (Wildman–Crippen LogP) is 1.85. The minimum absolute atomic E-state index is 0.0157. The maximum absolute atomic E-state index is 13.6. The van der Waals surface area contributed by atoms with Crippen LogP contribution in [-0.4, -0.2) is 22.8 Å². The van der Waals surface area contributed by atoms with E-state index in [-0.39, 0.29) is 5.56 Å². The first-order chi connectivity index (χ1) is 7.84. The number of ether oxygens (including phenoxy) is 1. The molecule has 0 saturated heterocycles. The van der Waals surface area contributed by atoms with E-state index in [4.69, 9.17) is 5.11 Å². The second kappa shape index (κ2) is 5.05. The highest BCUT2D eigenvalue weighted by atomic mass is 19.3. The fourth-order valence-corrected chi connectivity index (χ4v) is 1.26. The first kappa shape index (κ1) is 13.3. The molecule has 1 rings (SSSR count). The van der Waals surface area contributed by atoms with Crippen LogP contribution in [0.15, 0.2) is 12.1 Å². The highest BCUT2D eigenvalue weighted by molar-refractivity contribution is 5.75. The average molecular weight is 250 g/mol. The van der Waals surface area contributed by atoms with Crippen molar-refractivity contribution in [1.29, 1.82) is 0 Å². The molecular formula is C10H9F3O4. The van der Waals surface area contributed by atoms with E-state index in [1.807, 2.05) is 0 Å². The SMILES string of the molecule is Cc1ccc(OC(F)F)c(C(O)C(=O)O)c1F. The van der Waals surface area contributed by atoms with Crippen LogP contribution >= 0.6 is 0 Å². The van der Waals surface area contributed by atoms with E-state index in [1.54, 1.807) is 0 Å². The lowest BCUT2D eigenvalue weighted by Gasteiger charge is -2.15. The minimum Gasteiger partial charge on any atom is -0.479 e. The van der Waals surface area contributed by atoms with Gasteiger partial charge in [0.05, 0.1) is 5.56 Å². The van der Waals surface area contributed by atoms with Crippen LogP contribution in [0.5, 0.6) is 5.75 Å². The Kier molecular flexibility index (Phi) is 3.95. The molecule has 0 heterocycles. The van der Waals surface area contributed by atoms with Gasteiger partial charge in [-0.2, -0.15) is 8.78 Å². The Hall–Kier alpha value is -1.76. The summed E-state index contributed by atoms with van der Waals surface area (Å²) in [6.07, 6.45) is -2.26. The Morgan fingerprint density at radius 2 is 2.00 bits per heavy atom. The summed E-state index contributed by atoms with van der Waals surface area (Å²) < 4.78 is 41.6. The van der Waals surface area contributed by atoms with E-state index >= 15 is 0 Å². The highest BCUT2D eigenvalue weighted by Gasteiger charge is 2.27. The molecule has 7 heteroatoms. The standard InChI is InChI=1S/C10H9F3O4/c1-4-2-3-5(17-10(12)13)6(7(4)11)8(14)9(15)16/h2-3,8,10,14H,1H3,(H,15,16). The Morgan fingerprint density at radius 1 is 1.41 bits per heavy atom. The molecule has 0 aliphatic carbocycles. The van der Waals surface area contributed by atoms with Crippen molar-refractivity contribution in [2.75, 3.05) is 0 Å². The summed E-state index contributed by atoms with van der Waals surface area (Å²) >= 11 is 0. The smallest absolute Gasteiger partial charge is 0.387 e. The van der Waals surface area contributed by atoms with Gasteiger partial charge in [-0.3, -0.25) is 0 Å². The Labute approximate surface area is 94.3 Å². The van der Waals surface area contributed by atoms with E-state index in [0.717, 1.165) is 12.1 Å². The van der Waals surface area contributed by atoms with Gasteiger partial charge in [0, 0.05) is 0 Å². The van der Waals surface area contributed by atoms with Crippen molar-refractivity contribution in [3.63, 3.8) is 0 Å². The number of aryl methyl sites for hydroxylation is 1. The Balaban J connectivity index is 3.30. The van der Waals surface area contributed by atoms with Gasteiger partial charge < -0.3 is 14.9 Å². The normalized spacial score (nSPS) is 12.6. The molecule has 1 atom stereocenters. The fourth-order valence-electron chi connectivity index (χ4n) is 1.26. The van der Waals surface area contributed by atoms with Crippen molar-refractivity contribution < 1.29 is 32.9 Å². The third kappa shape index (κ3) is 2.88. The first-order valence-electron chi connectivity index (χ1n) is 4.49. The Bertz CT molecular complexity index is 434. The van der Waals surface area contributed by atoms with Gasteiger partial charge >= 0.3 is 12.6 Å². The number of rotatable bonds is 4. The molecule has 94 valence electrons. The fraction of sp³-hybridized carbons (Fsp3) is 0.300. The molecule has 0 bridgehead atoms. The summed E-state index contributed by atoms with van der Waals surface area (Å²) in [4.78, 5) is 10.5. The lowest BCUT2D eigenvalue weighted by Crippen LogP contribution is -2.16. The Morgan fingerprint density at radius 3 is 2.47 bits per heavy atom. The van der Waals surface area contributed by atoms with Crippen LogP contribution in [0.25, 0.3) is 0 Å². The number of hydrogen-bond donors (Lipinski definition) is 2. The summed E-state index contributed by atoms with van der Waals surface area (Å²) in [7, 11) is 0. The lowest BCUT2D eigenvalue weighted by molar-refractivity contribution is -0.147. The number of carboxylic acid groups (broad SMARTS) is 1. The van der Waals surface area contributed by atoms with Gasteiger partial charge in [-0.15, -0.1) is 0 Å². The van der Waals surface area contributed by atoms with E-state index in [2.05, 4.69) is 4.74 Å². The quantitative estimate of drug-likeness (QED) is 0.855. The number of alkyl halides is 2. The monoisotopic (exact) mass is 250 g/mol. The molecular weight excluding hydrogens is 241 g/mol. The number of aliphatic carboxylic acids is 1. The molecule has 4 nitrogen and oxygen atoms in total. The molecule has 17 heavy (non-hydrogen) atoms. The largest absolute Gasteiger partial charge is 0.479 e. The molecule has 0 aliphatic rings. The van der Waals surface area contributed by atoms with Crippen LogP contribution in [0.4, 0.5) is 13.2 Å². The maximum atomic E-state index is 13.6. The zero-order chi connectivity index (χ0) is 13.2. The summed E-state index contributed by atoms with van der Waals surface area (Å²) in [5, 5.41) is 17.8. The topological polar surface area (TPSA) is 66.8 Å². The molecule has 0 aliphatic heterocycles. The van der Waals surface area contributed by atoms with Crippen molar-refractivity contribution >= 4 is 5.97 Å². The van der Waals surface area contributed by atoms with E-state index < -0.39 is 35.8 Å². The highest BCUT2D eigenvalue weighted by Crippen LogP contribution is 2.31. The first-order valence-corrected chi connectivity index (χ1v) is 4.49. The van der Waals surface area contributed by atoms with Gasteiger partial charge in [0.25, 0.3) is 0 Å². The summed E-state index contributed by atoms with van der Waals surface area (Å²) in [5.74, 6) is -3.54. The van der Waals surface area contributed by atoms with Gasteiger partial charge in [0.1, 0.15) is 11.6 Å². The van der Waals surface area contributed by atoms with E-state index in [1.165, 1.54) is 6.92 Å². The molecule has 1 aromatic rings. The van der Waals surface area contributed by atoms with Crippen LogP contribution in [0.1, 0.15) is 17.2 Å². The van der Waals surface area contributed by atoms with Gasteiger partial charge in [-0.05, 0) is 18.6 Å². The van der Waals surface area contributed by atoms with Crippen LogP contribution in [-0.2, 0) is 4.79 Å². The van der Waals surface area contributed by atoms with Crippen molar-refractivity contribution in [1.82, 2.24) is 0 Å². The number of carbonyl (C=O) groups is 1. The summed E-state index contributed by atoms with van der Waals surface area (Å²) in [6.45, 7) is -1.93. The van der Waals surface area contributed by atoms with Crippen LogP contribution < -0.4 is 4.74 Å². The molecule has 0 radical (unpaired) electrons. The molecule has 0 amide bonds. The van der Waals surface area contributed by atoms with E-state index in [0.29, 0.717) is 0 Å². The molecule has 0 spiro atoms. The van der Waals surface area contributed by atoms with Crippen LogP contribution in [0, 0.1) is 12.7 Å². The number of aliphatic hydroxyl groups is 1. The third-order valence-electron chi connectivity index (χ3n) is 2.06. The molecule has 0 saturated carbocycles. The van der Waals surface area contributed by atoms with E-state index in [9.17, 15) is 23.1 Å². The summed E-state index contributed by atoms with van der Waals surface area (Å²) in [5.41, 5.74) is -0.792. The molecule has 2 N–H and O–H groups in total. The number of benzene rings is 1. The lowest BCUT2D eigenvalue weighted by atomic mass is 10.0. The zero-order valence-corrected chi connectivity index (χ0v) is 8.65. The predicted molar refractivity (Wildman–Crippen MR) is 50.4 cm³/mol. The van der Waals surface area contributed by atoms with Gasteiger partial charge in [0.15, 0.2) is 6.10 Å². The van der Waals surface area contributed by atoms with Crippen LogP contribution in [0.2, 0.25) is 0 Å². The molecule has 0 fully saturated rings. The summed E-state index contributed by atoms with van der Waals surface area (Å²) in [6, 6.07) is 2.12. The van der Waals surface area contributed by atoms with Crippen molar-refractivity contribution in [3.8, 4) is 5.75 Å². The van der Waals surface area contributed by atoms with Crippen LogP contribution in [0.3, 0.4) is 0 Å². The number of hydrogen-bond acceptors (Lipinski definition) is 3.